The third-order valence-electron chi connectivity index (χ3n) is 3.66. The van der Waals surface area contributed by atoms with Gasteiger partial charge in [0.15, 0.2) is 10.9 Å². The predicted molar refractivity (Wildman–Crippen MR) is 85.2 cm³/mol. The van der Waals surface area contributed by atoms with Gasteiger partial charge in [-0.3, -0.25) is 4.79 Å². The van der Waals surface area contributed by atoms with E-state index in [0.29, 0.717) is 10.9 Å². The van der Waals surface area contributed by atoms with Gasteiger partial charge in [-0.2, -0.15) is 0 Å². The number of anilines is 1. The number of benzene rings is 1. The zero-order valence-electron chi connectivity index (χ0n) is 12.0. The van der Waals surface area contributed by atoms with Crippen LogP contribution in [0.3, 0.4) is 0 Å². The molecule has 1 aromatic carbocycles. The summed E-state index contributed by atoms with van der Waals surface area (Å²) in [6.45, 7) is 0. The number of carbonyl (C=O) groups is 1. The number of aromatic nitrogens is 1. The molecule has 22 heavy (non-hydrogen) atoms. The van der Waals surface area contributed by atoms with Crippen molar-refractivity contribution < 1.29 is 13.9 Å². The van der Waals surface area contributed by atoms with Gasteiger partial charge in [0.1, 0.15) is 17.0 Å². The number of amides is 1. The van der Waals surface area contributed by atoms with Crippen LogP contribution in [-0.4, -0.2) is 18.0 Å². The molecule has 1 saturated carbocycles. The number of fused-ring (bicyclic) bond motifs is 1. The van der Waals surface area contributed by atoms with Gasteiger partial charge in [-0.15, -0.1) is 11.3 Å². The van der Waals surface area contributed by atoms with Gasteiger partial charge in [-0.1, -0.05) is 0 Å². The highest BCUT2D eigenvalue weighted by atomic mass is 32.1. The standard InChI is InChI=1S/C16H14N2O3S/c1-20-11-4-5-13-10(6-11)7-14(21-13)12-8-22-16(17-12)18-15(19)9-2-3-9/h4-9H,2-3H2,1H3,(H,17,18,19). The molecule has 2 heterocycles. The van der Waals surface area contributed by atoms with Gasteiger partial charge in [0.25, 0.3) is 0 Å². The number of nitrogens with zero attached hydrogens (tertiary/aromatic N) is 1. The Kier molecular flexibility index (Phi) is 3.11. The van der Waals surface area contributed by atoms with Crippen LogP contribution in [0.4, 0.5) is 5.13 Å². The molecule has 2 aromatic heterocycles. The average molecular weight is 314 g/mol. The molecule has 1 aliphatic rings. The van der Waals surface area contributed by atoms with Gasteiger partial charge < -0.3 is 14.5 Å². The maximum absolute atomic E-state index is 11.8. The third-order valence-corrected chi connectivity index (χ3v) is 4.42. The minimum atomic E-state index is 0.0650. The van der Waals surface area contributed by atoms with Crippen LogP contribution in [0.1, 0.15) is 12.8 Å². The number of hydrogen-bond acceptors (Lipinski definition) is 5. The van der Waals surface area contributed by atoms with E-state index in [9.17, 15) is 4.79 Å². The fraction of sp³-hybridized carbons (Fsp3) is 0.250. The molecule has 1 amide bonds. The molecule has 0 saturated heterocycles. The highest BCUT2D eigenvalue weighted by molar-refractivity contribution is 7.14. The van der Waals surface area contributed by atoms with Crippen molar-refractivity contribution in [3.63, 3.8) is 0 Å². The molecule has 0 spiro atoms. The summed E-state index contributed by atoms with van der Waals surface area (Å²) in [6.07, 6.45) is 1.96. The Labute approximate surface area is 130 Å². The first-order valence-electron chi connectivity index (χ1n) is 7.07. The van der Waals surface area contributed by atoms with Crippen molar-refractivity contribution in [2.75, 3.05) is 12.4 Å². The monoisotopic (exact) mass is 314 g/mol. The molecule has 6 heteroatoms. The normalized spacial score (nSPS) is 14.2. The van der Waals surface area contributed by atoms with Crippen molar-refractivity contribution in [3.8, 4) is 17.2 Å². The lowest BCUT2D eigenvalue weighted by Gasteiger charge is -1.97. The topological polar surface area (TPSA) is 64.4 Å². The molecule has 3 aromatic rings. The lowest BCUT2D eigenvalue weighted by Crippen LogP contribution is -2.12. The summed E-state index contributed by atoms with van der Waals surface area (Å²) >= 11 is 1.41. The summed E-state index contributed by atoms with van der Waals surface area (Å²) in [4.78, 5) is 16.2. The van der Waals surface area contributed by atoms with Crippen molar-refractivity contribution >= 4 is 33.3 Å². The van der Waals surface area contributed by atoms with Crippen LogP contribution in [0.2, 0.25) is 0 Å². The van der Waals surface area contributed by atoms with Crippen molar-refractivity contribution in [2.45, 2.75) is 12.8 Å². The number of furan rings is 1. The molecule has 1 aliphatic carbocycles. The molecule has 112 valence electrons. The van der Waals surface area contributed by atoms with E-state index in [-0.39, 0.29) is 11.8 Å². The molecule has 0 aliphatic heterocycles. The number of ether oxygens (including phenoxy) is 1. The molecule has 0 atom stereocenters. The number of nitrogens with one attached hydrogen (secondary N) is 1. The maximum Gasteiger partial charge on any atom is 0.229 e. The van der Waals surface area contributed by atoms with Gasteiger partial charge in [-0.05, 0) is 37.1 Å². The number of hydrogen-bond donors (Lipinski definition) is 1. The summed E-state index contributed by atoms with van der Waals surface area (Å²) in [5.41, 5.74) is 1.51. The van der Waals surface area contributed by atoms with Crippen LogP contribution in [0.25, 0.3) is 22.4 Å². The molecule has 5 nitrogen and oxygen atoms in total. The Morgan fingerprint density at radius 1 is 1.41 bits per heavy atom. The van der Waals surface area contributed by atoms with Gasteiger partial charge in [0, 0.05) is 16.7 Å². The van der Waals surface area contributed by atoms with E-state index in [1.54, 1.807) is 7.11 Å². The SMILES string of the molecule is COc1ccc2oc(-c3csc(NC(=O)C4CC4)n3)cc2c1. The van der Waals surface area contributed by atoms with E-state index in [1.165, 1.54) is 11.3 Å². The summed E-state index contributed by atoms with van der Waals surface area (Å²) in [6, 6.07) is 7.58. The molecule has 0 radical (unpaired) electrons. The van der Waals surface area contributed by atoms with E-state index in [0.717, 1.165) is 35.3 Å². The Morgan fingerprint density at radius 2 is 2.27 bits per heavy atom. The van der Waals surface area contributed by atoms with Gasteiger partial charge in [0.2, 0.25) is 5.91 Å². The first-order chi connectivity index (χ1) is 10.7. The van der Waals surface area contributed by atoms with E-state index >= 15 is 0 Å². The molecular formula is C16H14N2O3S. The minimum absolute atomic E-state index is 0.0650. The van der Waals surface area contributed by atoms with Crippen molar-refractivity contribution in [1.82, 2.24) is 4.98 Å². The van der Waals surface area contributed by atoms with Crippen LogP contribution in [0, 0.1) is 5.92 Å². The van der Waals surface area contributed by atoms with Crippen LogP contribution in [0.15, 0.2) is 34.1 Å². The van der Waals surface area contributed by atoms with Crippen molar-refractivity contribution in [2.24, 2.45) is 5.92 Å². The summed E-state index contributed by atoms with van der Waals surface area (Å²) < 4.78 is 11.0. The zero-order valence-corrected chi connectivity index (χ0v) is 12.8. The fourth-order valence-electron chi connectivity index (χ4n) is 2.27. The van der Waals surface area contributed by atoms with Crippen LogP contribution in [-0.2, 0) is 4.79 Å². The molecule has 1 N–H and O–H groups in total. The van der Waals surface area contributed by atoms with E-state index < -0.39 is 0 Å². The Hall–Kier alpha value is -2.34. The highest BCUT2D eigenvalue weighted by Crippen LogP contribution is 2.33. The van der Waals surface area contributed by atoms with Gasteiger partial charge in [-0.25, -0.2) is 4.98 Å². The van der Waals surface area contributed by atoms with E-state index in [4.69, 9.17) is 9.15 Å². The Morgan fingerprint density at radius 3 is 3.05 bits per heavy atom. The van der Waals surface area contributed by atoms with E-state index in [2.05, 4.69) is 10.3 Å². The average Bonchev–Trinajstić information content (AvgIpc) is 3.14. The second kappa shape index (κ2) is 5.14. The summed E-state index contributed by atoms with van der Waals surface area (Å²) in [7, 11) is 1.64. The second-order valence-electron chi connectivity index (χ2n) is 5.32. The minimum Gasteiger partial charge on any atom is -0.497 e. The predicted octanol–water partition coefficient (Wildman–Crippen LogP) is 3.91. The summed E-state index contributed by atoms with van der Waals surface area (Å²) in [5.74, 6) is 1.71. The Bertz CT molecular complexity index is 848. The fourth-order valence-corrected chi connectivity index (χ4v) is 2.97. The first kappa shape index (κ1) is 13.3. The zero-order chi connectivity index (χ0) is 15.1. The first-order valence-corrected chi connectivity index (χ1v) is 7.95. The molecule has 0 bridgehead atoms. The Balaban J connectivity index is 1.61. The quantitative estimate of drug-likeness (QED) is 0.793. The lowest BCUT2D eigenvalue weighted by atomic mass is 10.2. The van der Waals surface area contributed by atoms with E-state index in [1.807, 2.05) is 29.6 Å². The third kappa shape index (κ3) is 2.46. The number of rotatable bonds is 4. The van der Waals surface area contributed by atoms with Crippen LogP contribution >= 0.6 is 11.3 Å². The van der Waals surface area contributed by atoms with Crippen LogP contribution < -0.4 is 10.1 Å². The highest BCUT2D eigenvalue weighted by Gasteiger charge is 2.30. The van der Waals surface area contributed by atoms with Gasteiger partial charge >= 0.3 is 0 Å². The smallest absolute Gasteiger partial charge is 0.229 e. The van der Waals surface area contributed by atoms with Crippen LogP contribution in [0.5, 0.6) is 5.75 Å². The molecule has 4 rings (SSSR count). The molecule has 0 unspecified atom stereocenters. The van der Waals surface area contributed by atoms with Crippen molar-refractivity contribution in [1.29, 1.82) is 0 Å². The van der Waals surface area contributed by atoms with Gasteiger partial charge in [0.05, 0.1) is 7.11 Å². The number of methoxy groups -OCH3 is 1. The second-order valence-corrected chi connectivity index (χ2v) is 6.17. The lowest BCUT2D eigenvalue weighted by molar-refractivity contribution is -0.117. The number of thiazole rings is 1. The maximum atomic E-state index is 11.8. The molecular weight excluding hydrogens is 300 g/mol. The van der Waals surface area contributed by atoms with Crippen molar-refractivity contribution in [3.05, 3.63) is 29.6 Å². The summed E-state index contributed by atoms with van der Waals surface area (Å²) in [5, 5.41) is 6.32. The largest absolute Gasteiger partial charge is 0.497 e. The number of carbonyl (C=O) groups excluding carboxylic acids is 1. The molecule has 1 fully saturated rings.